The van der Waals surface area contributed by atoms with Crippen molar-refractivity contribution in [1.29, 1.82) is 0 Å². The van der Waals surface area contributed by atoms with E-state index in [1.165, 1.54) is 20.8 Å². The van der Waals surface area contributed by atoms with Crippen molar-refractivity contribution in [1.82, 2.24) is 0 Å². The number of esters is 1. The van der Waals surface area contributed by atoms with Gasteiger partial charge in [-0.05, 0) is 19.4 Å². The SMILES string of the molecule is C=C(C)C(=O)OCC(C)C(=O)[O-].C=C(C)C(=O)[O-].[Mg+2]. The van der Waals surface area contributed by atoms with Gasteiger partial charge in [0.2, 0.25) is 0 Å². The summed E-state index contributed by atoms with van der Waals surface area (Å²) in [4.78, 5) is 30.4. The molecule has 19 heavy (non-hydrogen) atoms. The fraction of sp³-hybridized carbons (Fsp3) is 0.417. The first-order valence-corrected chi connectivity index (χ1v) is 4.99. The van der Waals surface area contributed by atoms with E-state index in [1.807, 2.05) is 0 Å². The molecule has 6 nitrogen and oxygen atoms in total. The molecule has 0 spiro atoms. The normalized spacial score (nSPS) is 9.84. The van der Waals surface area contributed by atoms with E-state index < -0.39 is 23.8 Å². The zero-order chi connectivity index (χ0) is 14.9. The summed E-state index contributed by atoms with van der Waals surface area (Å²) < 4.78 is 4.57. The molecule has 0 aromatic rings. The van der Waals surface area contributed by atoms with Crippen molar-refractivity contribution in [2.75, 3.05) is 6.61 Å². The first kappa shape index (κ1) is 22.8. The van der Waals surface area contributed by atoms with Crippen LogP contribution in [0.4, 0.5) is 0 Å². The van der Waals surface area contributed by atoms with Gasteiger partial charge in [0.1, 0.15) is 0 Å². The van der Waals surface area contributed by atoms with Crippen LogP contribution in [0.2, 0.25) is 0 Å². The largest absolute Gasteiger partial charge is 2.00 e. The van der Waals surface area contributed by atoms with E-state index in [4.69, 9.17) is 0 Å². The summed E-state index contributed by atoms with van der Waals surface area (Å²) in [6.07, 6.45) is 0. The molecule has 0 aliphatic heterocycles. The van der Waals surface area contributed by atoms with E-state index in [-0.39, 0.29) is 40.8 Å². The molecule has 0 aromatic carbocycles. The van der Waals surface area contributed by atoms with Crippen molar-refractivity contribution in [2.24, 2.45) is 5.92 Å². The van der Waals surface area contributed by atoms with Crippen molar-refractivity contribution < 1.29 is 29.3 Å². The Bertz CT molecular complexity index is 349. The van der Waals surface area contributed by atoms with E-state index in [0.29, 0.717) is 0 Å². The molecule has 0 heterocycles. The molecule has 0 bridgehead atoms. The molecular formula is C12H16MgO6. The number of aliphatic carboxylic acids is 2. The zero-order valence-corrected chi connectivity index (χ0v) is 12.8. The van der Waals surface area contributed by atoms with Gasteiger partial charge in [0.25, 0.3) is 0 Å². The number of ether oxygens (including phenoxy) is 1. The smallest absolute Gasteiger partial charge is 0.550 e. The summed E-state index contributed by atoms with van der Waals surface area (Å²) in [7, 11) is 0. The summed E-state index contributed by atoms with van der Waals surface area (Å²) in [6, 6.07) is 0. The second-order valence-electron chi connectivity index (χ2n) is 3.67. The molecule has 102 valence electrons. The van der Waals surface area contributed by atoms with Crippen LogP contribution >= 0.6 is 0 Å². The minimum Gasteiger partial charge on any atom is -0.550 e. The quantitative estimate of drug-likeness (QED) is 0.342. The minimum absolute atomic E-state index is 0. The number of rotatable bonds is 5. The number of carbonyl (C=O) groups excluding carboxylic acids is 3. The maximum atomic E-state index is 10.7. The van der Waals surface area contributed by atoms with Crippen LogP contribution in [0.25, 0.3) is 0 Å². The van der Waals surface area contributed by atoms with Gasteiger partial charge in [-0.15, -0.1) is 0 Å². The number of hydrogen-bond donors (Lipinski definition) is 0. The van der Waals surface area contributed by atoms with E-state index in [2.05, 4.69) is 17.9 Å². The molecular weight excluding hydrogens is 264 g/mol. The minimum atomic E-state index is -1.23. The van der Waals surface area contributed by atoms with Gasteiger partial charge in [-0.1, -0.05) is 20.1 Å². The monoisotopic (exact) mass is 280 g/mol. The molecule has 0 aromatic heterocycles. The van der Waals surface area contributed by atoms with Crippen LogP contribution in [0, 0.1) is 5.92 Å². The van der Waals surface area contributed by atoms with Crippen molar-refractivity contribution >= 4 is 41.0 Å². The summed E-state index contributed by atoms with van der Waals surface area (Å²) in [6.45, 7) is 10.5. The Morgan fingerprint density at radius 1 is 1.11 bits per heavy atom. The second kappa shape index (κ2) is 11.7. The third-order valence-corrected chi connectivity index (χ3v) is 1.56. The van der Waals surface area contributed by atoms with Gasteiger partial charge < -0.3 is 24.5 Å². The Morgan fingerprint density at radius 2 is 1.47 bits per heavy atom. The van der Waals surface area contributed by atoms with Crippen LogP contribution < -0.4 is 10.2 Å². The number of hydrogen-bond acceptors (Lipinski definition) is 6. The van der Waals surface area contributed by atoms with Crippen LogP contribution in [0.1, 0.15) is 20.8 Å². The van der Waals surface area contributed by atoms with Crippen molar-refractivity contribution in [3.8, 4) is 0 Å². The Kier molecular flexibility index (Phi) is 14.1. The van der Waals surface area contributed by atoms with Gasteiger partial charge in [-0.3, -0.25) is 0 Å². The predicted molar refractivity (Wildman–Crippen MR) is 65.5 cm³/mol. The van der Waals surface area contributed by atoms with Crippen molar-refractivity contribution in [3.05, 3.63) is 24.3 Å². The van der Waals surface area contributed by atoms with E-state index in [9.17, 15) is 24.6 Å². The third kappa shape index (κ3) is 14.6. The maximum absolute atomic E-state index is 10.7. The number of carbonyl (C=O) groups is 3. The topological polar surface area (TPSA) is 107 Å². The maximum Gasteiger partial charge on any atom is 2.00 e. The molecule has 0 saturated carbocycles. The summed E-state index contributed by atoms with van der Waals surface area (Å²) in [5, 5.41) is 19.6. The number of carboxylic acids is 2. The van der Waals surface area contributed by atoms with Crippen LogP contribution in [0.5, 0.6) is 0 Å². The molecule has 0 aliphatic carbocycles. The molecule has 1 atom stereocenters. The van der Waals surface area contributed by atoms with E-state index in [1.54, 1.807) is 0 Å². The zero-order valence-electron chi connectivity index (χ0n) is 11.4. The average molecular weight is 281 g/mol. The predicted octanol–water partition coefficient (Wildman–Crippen LogP) is -1.58. The fourth-order valence-electron chi connectivity index (χ4n) is 0.392. The molecule has 0 amide bonds. The number of carboxylic acid groups (broad SMARTS) is 2. The molecule has 0 rings (SSSR count). The van der Waals surface area contributed by atoms with Gasteiger partial charge in [0.15, 0.2) is 0 Å². The molecule has 0 aliphatic rings. The van der Waals surface area contributed by atoms with E-state index in [0.717, 1.165) is 0 Å². The Labute approximate surface area is 128 Å². The van der Waals surface area contributed by atoms with Crippen LogP contribution in [-0.4, -0.2) is 47.6 Å². The molecule has 1 unspecified atom stereocenters. The Morgan fingerprint density at radius 3 is 1.68 bits per heavy atom. The van der Waals surface area contributed by atoms with Gasteiger partial charge in [-0.25, -0.2) is 4.79 Å². The Balaban J connectivity index is -0.000000313. The molecule has 0 saturated heterocycles. The Hall–Kier alpha value is -1.34. The average Bonchev–Trinajstić information content (AvgIpc) is 2.25. The molecule has 7 heteroatoms. The van der Waals surface area contributed by atoms with Crippen molar-refractivity contribution in [3.63, 3.8) is 0 Å². The third-order valence-electron chi connectivity index (χ3n) is 1.56. The van der Waals surface area contributed by atoms with Gasteiger partial charge >= 0.3 is 29.0 Å². The van der Waals surface area contributed by atoms with Gasteiger partial charge in [0.05, 0.1) is 12.6 Å². The summed E-state index contributed by atoms with van der Waals surface area (Å²) in [5.41, 5.74) is 0.315. The fourth-order valence-corrected chi connectivity index (χ4v) is 0.392. The first-order chi connectivity index (χ1) is 8.09. The van der Waals surface area contributed by atoms with Gasteiger partial charge in [-0.2, -0.15) is 0 Å². The van der Waals surface area contributed by atoms with Gasteiger partial charge in [0, 0.05) is 17.5 Å². The van der Waals surface area contributed by atoms with E-state index >= 15 is 0 Å². The van der Waals surface area contributed by atoms with Crippen LogP contribution in [-0.2, 0) is 19.1 Å². The van der Waals surface area contributed by atoms with Crippen LogP contribution in [0.15, 0.2) is 24.3 Å². The molecule has 0 N–H and O–H groups in total. The molecule has 0 radical (unpaired) electrons. The van der Waals surface area contributed by atoms with Crippen molar-refractivity contribution in [2.45, 2.75) is 20.8 Å². The second-order valence-corrected chi connectivity index (χ2v) is 3.67. The van der Waals surface area contributed by atoms with Crippen LogP contribution in [0.3, 0.4) is 0 Å². The summed E-state index contributed by atoms with van der Waals surface area (Å²) in [5.74, 6) is -3.78. The summed E-state index contributed by atoms with van der Waals surface area (Å²) >= 11 is 0. The molecule has 0 fully saturated rings. The first-order valence-electron chi connectivity index (χ1n) is 4.99. The standard InChI is InChI=1S/C8H12O4.C4H6O2.Mg/c1-5(2)8(11)12-4-6(3)7(9)10;1-3(2)4(5)6;/h6H,1,4H2,2-3H3,(H,9,10);1H2,2H3,(H,5,6);/q;;+2/p-2.